The number of aromatic nitrogens is 1. The van der Waals surface area contributed by atoms with Crippen LogP contribution in [0.2, 0.25) is 0 Å². The van der Waals surface area contributed by atoms with Crippen molar-refractivity contribution in [2.45, 2.75) is 13.3 Å². The van der Waals surface area contributed by atoms with E-state index >= 15 is 0 Å². The van der Waals surface area contributed by atoms with Crippen LogP contribution in [0.5, 0.6) is 0 Å². The number of furan rings is 1. The second-order valence-electron chi connectivity index (χ2n) is 4.39. The molecule has 102 valence electrons. The number of aryl methyl sites for hydroxylation is 1. The van der Waals surface area contributed by atoms with Gasteiger partial charge in [0, 0.05) is 10.9 Å². The third kappa shape index (κ3) is 2.14. The number of hydrogen-bond acceptors (Lipinski definition) is 4. The molecule has 0 aliphatic carbocycles. The molecule has 2 heterocycles. The highest BCUT2D eigenvalue weighted by atomic mass is 79.9. The molecule has 0 spiro atoms. The summed E-state index contributed by atoms with van der Waals surface area (Å²) in [6.45, 7) is 2.03. The van der Waals surface area contributed by atoms with Crippen molar-refractivity contribution in [3.8, 4) is 22.5 Å². The van der Waals surface area contributed by atoms with Crippen LogP contribution < -0.4 is 5.73 Å². The van der Waals surface area contributed by atoms with E-state index in [0.29, 0.717) is 11.6 Å². The Hall–Kier alpha value is -2.01. The molecule has 1 aromatic carbocycles. The van der Waals surface area contributed by atoms with Crippen LogP contribution in [0.4, 0.5) is 5.82 Å². The molecule has 0 atom stereocenters. The van der Waals surface area contributed by atoms with E-state index in [2.05, 4.69) is 21.1 Å². The van der Waals surface area contributed by atoms with Gasteiger partial charge in [-0.1, -0.05) is 40.1 Å². The second kappa shape index (κ2) is 5.17. The van der Waals surface area contributed by atoms with Crippen molar-refractivity contribution in [1.29, 1.82) is 0 Å². The third-order valence-corrected chi connectivity index (χ3v) is 3.69. The van der Waals surface area contributed by atoms with E-state index in [-0.39, 0.29) is 0 Å². The number of nitrogens with two attached hydrogens (primary N) is 1. The molecule has 0 aliphatic heterocycles. The maximum absolute atomic E-state index is 5.96. The third-order valence-electron chi connectivity index (χ3n) is 3.16. The fourth-order valence-corrected chi connectivity index (χ4v) is 2.46. The van der Waals surface area contributed by atoms with Gasteiger partial charge in [-0.25, -0.2) is 0 Å². The lowest BCUT2D eigenvalue weighted by atomic mass is 10.0. The lowest BCUT2D eigenvalue weighted by molar-refractivity contribution is 0.433. The van der Waals surface area contributed by atoms with Crippen LogP contribution in [0.15, 0.2) is 50.0 Å². The van der Waals surface area contributed by atoms with Crippen molar-refractivity contribution in [3.63, 3.8) is 0 Å². The normalized spacial score (nSPS) is 10.9. The van der Waals surface area contributed by atoms with Gasteiger partial charge in [0.05, 0.1) is 17.4 Å². The molecule has 0 unspecified atom stereocenters. The molecule has 3 aromatic rings. The molecule has 0 saturated heterocycles. The van der Waals surface area contributed by atoms with Gasteiger partial charge in [0.15, 0.2) is 11.6 Å². The van der Waals surface area contributed by atoms with Gasteiger partial charge >= 0.3 is 0 Å². The average molecular weight is 333 g/mol. The largest absolute Gasteiger partial charge is 0.469 e. The molecule has 2 N–H and O–H groups in total. The summed E-state index contributed by atoms with van der Waals surface area (Å²) in [4.78, 5) is 0. The zero-order valence-electron chi connectivity index (χ0n) is 10.9. The average Bonchev–Trinajstić information content (AvgIpc) is 3.05. The molecule has 5 heteroatoms. The minimum atomic E-state index is 0.380. The maximum Gasteiger partial charge on any atom is 0.180 e. The van der Waals surface area contributed by atoms with E-state index in [4.69, 9.17) is 14.7 Å². The molecule has 2 aromatic heterocycles. The lowest BCUT2D eigenvalue weighted by Gasteiger charge is -2.03. The highest BCUT2D eigenvalue weighted by Gasteiger charge is 2.21. The predicted octanol–water partition coefficient (Wildman–Crippen LogP) is 4.51. The second-order valence-corrected chi connectivity index (χ2v) is 5.31. The van der Waals surface area contributed by atoms with E-state index in [1.165, 1.54) is 0 Å². The zero-order chi connectivity index (χ0) is 14.1. The first-order valence-electron chi connectivity index (χ1n) is 6.28. The number of nitrogens with zero attached hydrogens (tertiary/aromatic N) is 1. The van der Waals surface area contributed by atoms with Gasteiger partial charge in [-0.2, -0.15) is 0 Å². The fourth-order valence-electron chi connectivity index (χ4n) is 2.20. The first-order chi connectivity index (χ1) is 9.70. The molecule has 0 saturated carbocycles. The Morgan fingerprint density at radius 3 is 2.65 bits per heavy atom. The van der Waals surface area contributed by atoms with Gasteiger partial charge in [0.2, 0.25) is 0 Å². The standard InChI is InChI=1S/C15H13BrN2O2/c1-2-12-11(7-8-19-12)14-13(15(17)18-20-14)9-3-5-10(16)6-4-9/h3-8H,2H2,1H3,(H2,17,18). The number of anilines is 1. The Kier molecular flexibility index (Phi) is 3.36. The van der Waals surface area contributed by atoms with Gasteiger partial charge in [-0.15, -0.1) is 0 Å². The van der Waals surface area contributed by atoms with Gasteiger partial charge in [0.25, 0.3) is 0 Å². The van der Waals surface area contributed by atoms with Gasteiger partial charge in [-0.05, 0) is 23.8 Å². The van der Waals surface area contributed by atoms with Gasteiger partial charge in [-0.3, -0.25) is 0 Å². The van der Waals surface area contributed by atoms with Crippen LogP contribution in [-0.4, -0.2) is 5.16 Å². The Balaban J connectivity index is 2.17. The van der Waals surface area contributed by atoms with Gasteiger partial charge < -0.3 is 14.7 Å². The summed E-state index contributed by atoms with van der Waals surface area (Å²) < 4.78 is 11.9. The van der Waals surface area contributed by atoms with Crippen molar-refractivity contribution < 1.29 is 8.94 Å². The Morgan fingerprint density at radius 1 is 1.20 bits per heavy atom. The molecule has 4 nitrogen and oxygen atoms in total. The summed E-state index contributed by atoms with van der Waals surface area (Å²) >= 11 is 3.42. The Morgan fingerprint density at radius 2 is 1.95 bits per heavy atom. The molecular weight excluding hydrogens is 320 g/mol. The first-order valence-corrected chi connectivity index (χ1v) is 7.07. The van der Waals surface area contributed by atoms with Crippen LogP contribution in [0.1, 0.15) is 12.7 Å². The highest BCUT2D eigenvalue weighted by Crippen LogP contribution is 2.38. The molecule has 3 rings (SSSR count). The number of halogens is 1. The SMILES string of the molecule is CCc1occc1-c1onc(N)c1-c1ccc(Br)cc1. The van der Waals surface area contributed by atoms with Crippen molar-refractivity contribution in [2.24, 2.45) is 0 Å². The van der Waals surface area contributed by atoms with E-state index in [0.717, 1.165) is 33.3 Å². The van der Waals surface area contributed by atoms with Crippen LogP contribution in [0.3, 0.4) is 0 Å². The molecule has 0 fully saturated rings. The molecule has 20 heavy (non-hydrogen) atoms. The summed E-state index contributed by atoms with van der Waals surface area (Å²) in [5.41, 5.74) is 8.62. The first kappa shape index (κ1) is 13.0. The quantitative estimate of drug-likeness (QED) is 0.766. The number of benzene rings is 1. The smallest absolute Gasteiger partial charge is 0.180 e. The van der Waals surface area contributed by atoms with Crippen LogP contribution in [0, 0.1) is 0 Å². The van der Waals surface area contributed by atoms with Crippen LogP contribution in [-0.2, 0) is 6.42 Å². The minimum absolute atomic E-state index is 0.380. The summed E-state index contributed by atoms with van der Waals surface area (Å²) in [6, 6.07) is 9.74. The Bertz CT molecular complexity index is 729. The topological polar surface area (TPSA) is 65.2 Å². The minimum Gasteiger partial charge on any atom is -0.469 e. The number of nitrogen functional groups attached to an aromatic ring is 1. The summed E-state index contributed by atoms with van der Waals surface area (Å²) in [5, 5.41) is 3.90. The molecular formula is C15H13BrN2O2. The van der Waals surface area contributed by atoms with E-state index < -0.39 is 0 Å². The fraction of sp³-hybridized carbons (Fsp3) is 0.133. The lowest BCUT2D eigenvalue weighted by Crippen LogP contribution is -1.89. The van der Waals surface area contributed by atoms with E-state index in [1.54, 1.807) is 6.26 Å². The monoisotopic (exact) mass is 332 g/mol. The van der Waals surface area contributed by atoms with Crippen molar-refractivity contribution >= 4 is 21.7 Å². The zero-order valence-corrected chi connectivity index (χ0v) is 12.5. The number of rotatable bonds is 3. The van der Waals surface area contributed by atoms with Crippen molar-refractivity contribution in [1.82, 2.24) is 5.16 Å². The number of hydrogen-bond donors (Lipinski definition) is 1. The molecule has 0 radical (unpaired) electrons. The summed E-state index contributed by atoms with van der Waals surface area (Å²) in [6.07, 6.45) is 2.43. The highest BCUT2D eigenvalue weighted by molar-refractivity contribution is 9.10. The van der Waals surface area contributed by atoms with Crippen molar-refractivity contribution in [3.05, 3.63) is 46.8 Å². The van der Waals surface area contributed by atoms with Crippen LogP contribution in [0.25, 0.3) is 22.5 Å². The van der Waals surface area contributed by atoms with Gasteiger partial charge in [0.1, 0.15) is 5.76 Å². The molecule has 0 bridgehead atoms. The summed E-state index contributed by atoms with van der Waals surface area (Å²) in [7, 11) is 0. The van der Waals surface area contributed by atoms with E-state index in [9.17, 15) is 0 Å². The molecule has 0 amide bonds. The maximum atomic E-state index is 5.96. The molecule has 0 aliphatic rings. The van der Waals surface area contributed by atoms with Crippen LogP contribution >= 0.6 is 15.9 Å². The predicted molar refractivity (Wildman–Crippen MR) is 81.1 cm³/mol. The van der Waals surface area contributed by atoms with Crippen molar-refractivity contribution in [2.75, 3.05) is 5.73 Å². The summed E-state index contributed by atoms with van der Waals surface area (Å²) in [5.74, 6) is 1.89. The van der Waals surface area contributed by atoms with E-state index in [1.807, 2.05) is 37.3 Å². The Labute approximate surface area is 124 Å².